The van der Waals surface area contributed by atoms with E-state index in [1.807, 2.05) is 91.1 Å². The topological polar surface area (TPSA) is 81.7 Å². The summed E-state index contributed by atoms with van der Waals surface area (Å²) in [5, 5.41) is 8.90. The van der Waals surface area contributed by atoms with Crippen LogP contribution in [0.25, 0.3) is 16.9 Å². The standard InChI is InChI=1S/C28H21BrN4O3/c29-26-16-15-25(36-26)28(34)31-30-17-22-18-33(23-9-5-2-6-10-23)32-27(22)21-11-13-24(14-12-21)35-19-20-7-3-1-4-8-20/h1-18H,19H2,(H,31,34). The quantitative estimate of drug-likeness (QED) is 0.186. The minimum Gasteiger partial charge on any atom is -0.489 e. The number of nitrogens with one attached hydrogen (secondary N) is 1. The van der Waals surface area contributed by atoms with Crippen LogP contribution in [0.5, 0.6) is 5.75 Å². The van der Waals surface area contributed by atoms with Gasteiger partial charge in [-0.1, -0.05) is 48.5 Å². The van der Waals surface area contributed by atoms with E-state index in [9.17, 15) is 4.79 Å². The Morgan fingerprint density at radius 2 is 1.69 bits per heavy atom. The van der Waals surface area contributed by atoms with Gasteiger partial charge in [-0.15, -0.1) is 0 Å². The van der Waals surface area contributed by atoms with Crippen LogP contribution < -0.4 is 10.2 Å². The Morgan fingerprint density at radius 3 is 2.39 bits per heavy atom. The molecule has 2 heterocycles. The SMILES string of the molecule is O=C(NN=Cc1cn(-c2ccccc2)nc1-c1ccc(OCc2ccccc2)cc1)c1ccc(Br)o1. The minimum absolute atomic E-state index is 0.158. The second-order valence-corrected chi connectivity index (χ2v) is 8.60. The van der Waals surface area contributed by atoms with E-state index in [0.29, 0.717) is 17.0 Å². The molecule has 3 aromatic carbocycles. The second kappa shape index (κ2) is 10.9. The maximum Gasteiger partial charge on any atom is 0.307 e. The minimum atomic E-state index is -0.450. The van der Waals surface area contributed by atoms with Crippen molar-refractivity contribution in [1.29, 1.82) is 0 Å². The van der Waals surface area contributed by atoms with Crippen molar-refractivity contribution in [2.75, 3.05) is 0 Å². The lowest BCUT2D eigenvalue weighted by atomic mass is 10.1. The van der Waals surface area contributed by atoms with Gasteiger partial charge in [0.1, 0.15) is 18.1 Å². The number of carbonyl (C=O) groups excluding carboxylic acids is 1. The molecule has 0 aliphatic rings. The van der Waals surface area contributed by atoms with Gasteiger partial charge in [-0.2, -0.15) is 10.2 Å². The molecule has 36 heavy (non-hydrogen) atoms. The van der Waals surface area contributed by atoms with Crippen molar-refractivity contribution in [3.8, 4) is 22.7 Å². The van der Waals surface area contributed by atoms with Crippen LogP contribution in [0.15, 0.2) is 117 Å². The van der Waals surface area contributed by atoms with Crippen molar-refractivity contribution in [3.05, 3.63) is 125 Å². The highest BCUT2D eigenvalue weighted by Gasteiger charge is 2.13. The van der Waals surface area contributed by atoms with Crippen LogP contribution in [0, 0.1) is 0 Å². The van der Waals surface area contributed by atoms with Crippen molar-refractivity contribution >= 4 is 28.1 Å². The lowest BCUT2D eigenvalue weighted by molar-refractivity contribution is 0.0926. The third kappa shape index (κ3) is 5.61. The number of hydrogen-bond donors (Lipinski definition) is 1. The Labute approximate surface area is 216 Å². The van der Waals surface area contributed by atoms with E-state index >= 15 is 0 Å². The molecule has 0 fully saturated rings. The summed E-state index contributed by atoms with van der Waals surface area (Å²) in [7, 11) is 0. The van der Waals surface area contributed by atoms with Gasteiger partial charge in [0.05, 0.1) is 11.9 Å². The van der Waals surface area contributed by atoms with Gasteiger partial charge in [0.2, 0.25) is 0 Å². The van der Waals surface area contributed by atoms with Crippen molar-refractivity contribution < 1.29 is 13.9 Å². The van der Waals surface area contributed by atoms with Gasteiger partial charge in [-0.05, 0) is 70.0 Å². The molecule has 7 nitrogen and oxygen atoms in total. The molecule has 2 aromatic heterocycles. The molecule has 178 valence electrons. The number of hydrogen-bond acceptors (Lipinski definition) is 5. The van der Waals surface area contributed by atoms with Crippen LogP contribution in [0.2, 0.25) is 0 Å². The number of aromatic nitrogens is 2. The van der Waals surface area contributed by atoms with Gasteiger partial charge < -0.3 is 9.15 Å². The average molecular weight is 541 g/mol. The molecular weight excluding hydrogens is 520 g/mol. The Morgan fingerprint density at radius 1 is 0.972 bits per heavy atom. The summed E-state index contributed by atoms with van der Waals surface area (Å²) in [6.07, 6.45) is 3.43. The summed E-state index contributed by atoms with van der Waals surface area (Å²) < 4.78 is 13.4. The fourth-order valence-electron chi connectivity index (χ4n) is 3.52. The van der Waals surface area contributed by atoms with E-state index < -0.39 is 5.91 Å². The smallest absolute Gasteiger partial charge is 0.307 e. The maximum absolute atomic E-state index is 12.3. The van der Waals surface area contributed by atoms with E-state index in [-0.39, 0.29) is 5.76 Å². The fraction of sp³-hybridized carbons (Fsp3) is 0.0357. The molecule has 0 atom stereocenters. The van der Waals surface area contributed by atoms with Crippen LogP contribution in [-0.4, -0.2) is 21.9 Å². The highest BCUT2D eigenvalue weighted by Crippen LogP contribution is 2.25. The van der Waals surface area contributed by atoms with Crippen LogP contribution in [0.3, 0.4) is 0 Å². The van der Waals surface area contributed by atoms with Gasteiger partial charge in [0.25, 0.3) is 0 Å². The van der Waals surface area contributed by atoms with Gasteiger partial charge in [0, 0.05) is 17.3 Å². The Hall–Kier alpha value is -4.43. The van der Waals surface area contributed by atoms with Crippen LogP contribution in [0.4, 0.5) is 0 Å². The molecule has 0 aliphatic carbocycles. The van der Waals surface area contributed by atoms with Crippen LogP contribution in [-0.2, 0) is 6.61 Å². The number of rotatable bonds is 8. The molecule has 8 heteroatoms. The summed E-state index contributed by atoms with van der Waals surface area (Å²) in [6, 6.07) is 30.7. The van der Waals surface area contributed by atoms with Gasteiger partial charge in [0.15, 0.2) is 10.4 Å². The van der Waals surface area contributed by atoms with Crippen LogP contribution >= 0.6 is 15.9 Å². The zero-order valence-corrected chi connectivity index (χ0v) is 20.6. The molecule has 0 unspecified atom stereocenters. The van der Waals surface area contributed by atoms with Crippen molar-refractivity contribution in [1.82, 2.24) is 15.2 Å². The van der Waals surface area contributed by atoms with Gasteiger partial charge in [-0.3, -0.25) is 4.79 Å². The zero-order valence-electron chi connectivity index (χ0n) is 19.0. The summed E-state index contributed by atoms with van der Waals surface area (Å²) >= 11 is 3.19. The predicted octanol–water partition coefficient (Wildman–Crippen LogP) is 6.24. The molecule has 0 spiro atoms. The van der Waals surface area contributed by atoms with E-state index in [1.54, 1.807) is 23.0 Å². The molecule has 0 aliphatic heterocycles. The number of ether oxygens (including phenoxy) is 1. The summed E-state index contributed by atoms with van der Waals surface area (Å²) in [5.74, 6) is 0.469. The van der Waals surface area contributed by atoms with Crippen molar-refractivity contribution in [2.24, 2.45) is 5.10 Å². The molecular formula is C28H21BrN4O3. The average Bonchev–Trinajstić information content (AvgIpc) is 3.55. The zero-order chi connectivity index (χ0) is 24.7. The normalized spacial score (nSPS) is 11.0. The van der Waals surface area contributed by atoms with Crippen molar-refractivity contribution in [3.63, 3.8) is 0 Å². The van der Waals surface area contributed by atoms with Gasteiger partial charge in [-0.25, -0.2) is 10.1 Å². The number of hydrazone groups is 1. The predicted molar refractivity (Wildman–Crippen MR) is 141 cm³/mol. The molecule has 0 saturated carbocycles. The third-order valence-corrected chi connectivity index (χ3v) is 5.73. The van der Waals surface area contributed by atoms with E-state index in [4.69, 9.17) is 14.3 Å². The Bertz CT molecular complexity index is 1480. The summed E-state index contributed by atoms with van der Waals surface area (Å²) in [5.41, 5.74) is 6.84. The van der Waals surface area contributed by atoms with Crippen molar-refractivity contribution in [2.45, 2.75) is 6.61 Å². The Kier molecular flexibility index (Phi) is 7.05. The molecule has 0 bridgehead atoms. The first kappa shape index (κ1) is 23.3. The number of benzene rings is 3. The van der Waals surface area contributed by atoms with E-state index in [1.165, 1.54) is 0 Å². The monoisotopic (exact) mass is 540 g/mol. The van der Waals surface area contributed by atoms with Gasteiger partial charge >= 0.3 is 5.91 Å². The van der Waals surface area contributed by atoms with E-state index in [2.05, 4.69) is 26.5 Å². The number of nitrogens with zero attached hydrogens (tertiary/aromatic N) is 3. The number of halogens is 1. The molecule has 5 aromatic rings. The molecule has 1 amide bonds. The molecule has 0 radical (unpaired) electrons. The van der Waals surface area contributed by atoms with Crippen LogP contribution in [0.1, 0.15) is 21.7 Å². The molecule has 1 N–H and O–H groups in total. The molecule has 0 saturated heterocycles. The summed E-state index contributed by atoms with van der Waals surface area (Å²) in [4.78, 5) is 12.3. The number of amides is 1. The van der Waals surface area contributed by atoms with E-state index in [0.717, 1.165) is 28.1 Å². The largest absolute Gasteiger partial charge is 0.489 e. The third-order valence-electron chi connectivity index (χ3n) is 5.31. The first-order valence-corrected chi connectivity index (χ1v) is 12.0. The highest BCUT2D eigenvalue weighted by molar-refractivity contribution is 9.10. The summed E-state index contributed by atoms with van der Waals surface area (Å²) in [6.45, 7) is 0.493. The lowest BCUT2D eigenvalue weighted by Crippen LogP contribution is -2.16. The lowest BCUT2D eigenvalue weighted by Gasteiger charge is -2.07. The first-order valence-electron chi connectivity index (χ1n) is 11.2. The fourth-order valence-corrected chi connectivity index (χ4v) is 3.83. The Balaban J connectivity index is 1.37. The first-order chi connectivity index (χ1) is 17.7. The maximum atomic E-state index is 12.3. The second-order valence-electron chi connectivity index (χ2n) is 7.81. The highest BCUT2D eigenvalue weighted by atomic mass is 79.9. The number of para-hydroxylation sites is 1. The molecule has 5 rings (SSSR count). The number of furan rings is 1. The number of carbonyl (C=O) groups is 1.